The maximum atomic E-state index is 13.8. The molecule has 116 valence electrons. The van der Waals surface area contributed by atoms with Crippen molar-refractivity contribution in [2.24, 2.45) is 5.41 Å². The van der Waals surface area contributed by atoms with Gasteiger partial charge in [0, 0.05) is 12.0 Å². The van der Waals surface area contributed by atoms with Crippen LogP contribution in [0.4, 0.5) is 10.1 Å². The second kappa shape index (κ2) is 5.93. The maximum Gasteiger partial charge on any atom is 0.224 e. The number of ether oxygens (including phenoxy) is 1. The van der Waals surface area contributed by atoms with E-state index >= 15 is 0 Å². The average molecular weight is 303 g/mol. The molecule has 0 aliphatic carbocycles. The first-order chi connectivity index (χ1) is 10.6. The number of carbonyl (C=O) groups excluding carboxylic acids is 1. The van der Waals surface area contributed by atoms with Gasteiger partial charge in [0.15, 0.2) is 0 Å². The molecule has 6 heteroatoms. The van der Waals surface area contributed by atoms with Gasteiger partial charge < -0.3 is 15.4 Å². The van der Waals surface area contributed by atoms with Crippen LogP contribution in [0.15, 0.2) is 12.1 Å². The summed E-state index contributed by atoms with van der Waals surface area (Å²) in [5.41, 5.74) is 0.399. The molecule has 0 spiro atoms. The van der Waals surface area contributed by atoms with E-state index in [2.05, 4.69) is 16.7 Å². The molecule has 1 fully saturated rings. The summed E-state index contributed by atoms with van der Waals surface area (Å²) >= 11 is 0. The second-order valence-corrected chi connectivity index (χ2v) is 5.88. The zero-order valence-electron chi connectivity index (χ0n) is 12.2. The Kier molecular flexibility index (Phi) is 3.99. The second-order valence-electron chi connectivity index (χ2n) is 5.88. The fourth-order valence-electron chi connectivity index (χ4n) is 2.97. The van der Waals surface area contributed by atoms with Crippen LogP contribution in [0.3, 0.4) is 0 Å². The molecule has 2 N–H and O–H groups in total. The minimum Gasteiger partial charge on any atom is -0.492 e. The topological polar surface area (TPSA) is 74.1 Å². The Bertz CT molecular complexity index is 633. The molecule has 0 unspecified atom stereocenters. The van der Waals surface area contributed by atoms with E-state index in [-0.39, 0.29) is 18.2 Å². The van der Waals surface area contributed by atoms with E-state index in [1.807, 2.05) is 0 Å². The lowest BCUT2D eigenvalue weighted by Gasteiger charge is -2.31. The first kappa shape index (κ1) is 14.8. The summed E-state index contributed by atoms with van der Waals surface area (Å²) in [6.07, 6.45) is 2.25. The molecule has 0 atom stereocenters. The van der Waals surface area contributed by atoms with Crippen molar-refractivity contribution < 1.29 is 13.9 Å². The minimum atomic E-state index is -0.496. The summed E-state index contributed by atoms with van der Waals surface area (Å²) in [7, 11) is 0. The fourth-order valence-corrected chi connectivity index (χ4v) is 2.97. The van der Waals surface area contributed by atoms with Gasteiger partial charge in [-0.25, -0.2) is 4.39 Å². The van der Waals surface area contributed by atoms with Crippen LogP contribution >= 0.6 is 0 Å². The molecule has 1 aromatic rings. The monoisotopic (exact) mass is 303 g/mol. The molecular formula is C16H18FN3O2. The number of nitrogens with zero attached hydrogens (tertiary/aromatic N) is 1. The standard InChI is InChI=1S/C16H18FN3O2/c17-12-2-3-13(11-1-4-14(21)20-15(11)12)22-10-16(9-18)5-7-19-8-6-16/h2-3,19H,1,4-8,10H2,(H,20,21). The summed E-state index contributed by atoms with van der Waals surface area (Å²) in [6.45, 7) is 1.89. The summed E-state index contributed by atoms with van der Waals surface area (Å²) < 4.78 is 19.7. The Morgan fingerprint density at radius 2 is 2.09 bits per heavy atom. The molecule has 1 aromatic carbocycles. The molecule has 22 heavy (non-hydrogen) atoms. The number of hydrogen-bond acceptors (Lipinski definition) is 4. The van der Waals surface area contributed by atoms with Crippen LogP contribution < -0.4 is 15.4 Å². The van der Waals surface area contributed by atoms with Crippen LogP contribution in [0.25, 0.3) is 0 Å². The van der Waals surface area contributed by atoms with Crippen LogP contribution in [0, 0.1) is 22.6 Å². The zero-order valence-corrected chi connectivity index (χ0v) is 12.2. The van der Waals surface area contributed by atoms with E-state index in [0.717, 1.165) is 25.9 Å². The third-order valence-corrected chi connectivity index (χ3v) is 4.39. The molecule has 0 bridgehead atoms. The molecule has 0 radical (unpaired) electrons. The summed E-state index contributed by atoms with van der Waals surface area (Å²) in [6, 6.07) is 5.25. The summed E-state index contributed by atoms with van der Waals surface area (Å²) in [5.74, 6) is -0.0766. The van der Waals surface area contributed by atoms with E-state index in [4.69, 9.17) is 4.74 Å². The van der Waals surface area contributed by atoms with E-state index in [9.17, 15) is 14.4 Å². The van der Waals surface area contributed by atoms with Crippen LogP contribution in [-0.4, -0.2) is 25.6 Å². The average Bonchev–Trinajstić information content (AvgIpc) is 2.55. The van der Waals surface area contributed by atoms with Crippen molar-refractivity contribution in [3.8, 4) is 11.8 Å². The van der Waals surface area contributed by atoms with Crippen LogP contribution in [0.5, 0.6) is 5.75 Å². The largest absolute Gasteiger partial charge is 0.492 e. The third kappa shape index (κ3) is 2.77. The molecule has 0 saturated carbocycles. The fraction of sp³-hybridized carbons (Fsp3) is 0.500. The van der Waals surface area contributed by atoms with Crippen LogP contribution in [0.2, 0.25) is 0 Å². The lowest BCUT2D eigenvalue weighted by molar-refractivity contribution is -0.116. The zero-order chi connectivity index (χ0) is 15.6. The highest BCUT2D eigenvalue weighted by molar-refractivity contribution is 5.94. The number of fused-ring (bicyclic) bond motifs is 1. The predicted octanol–water partition coefficient (Wildman–Crippen LogP) is 1.98. The minimum absolute atomic E-state index is 0.185. The highest BCUT2D eigenvalue weighted by atomic mass is 19.1. The van der Waals surface area contributed by atoms with Crippen molar-refractivity contribution in [3.05, 3.63) is 23.5 Å². The van der Waals surface area contributed by atoms with Gasteiger partial charge in [-0.15, -0.1) is 0 Å². The Morgan fingerprint density at radius 3 is 2.82 bits per heavy atom. The van der Waals surface area contributed by atoms with Crippen LogP contribution in [-0.2, 0) is 11.2 Å². The highest BCUT2D eigenvalue weighted by Gasteiger charge is 2.33. The van der Waals surface area contributed by atoms with Crippen molar-refractivity contribution in [1.29, 1.82) is 5.26 Å². The Balaban J connectivity index is 1.80. The predicted molar refractivity (Wildman–Crippen MR) is 79.0 cm³/mol. The van der Waals surface area contributed by atoms with Gasteiger partial charge in [0.1, 0.15) is 18.2 Å². The van der Waals surface area contributed by atoms with E-state index in [1.54, 1.807) is 6.07 Å². The van der Waals surface area contributed by atoms with Crippen molar-refractivity contribution in [2.75, 3.05) is 25.0 Å². The SMILES string of the molecule is N#CC1(COc2ccc(F)c3c2CCC(=O)N3)CCNCC1. The molecule has 1 amide bonds. The summed E-state index contributed by atoms with van der Waals surface area (Å²) in [5, 5.41) is 15.3. The smallest absolute Gasteiger partial charge is 0.224 e. The first-order valence-corrected chi connectivity index (χ1v) is 7.50. The van der Waals surface area contributed by atoms with Gasteiger partial charge >= 0.3 is 0 Å². The molecular weight excluding hydrogens is 285 g/mol. The third-order valence-electron chi connectivity index (χ3n) is 4.39. The Hall–Kier alpha value is -2.13. The molecule has 0 aromatic heterocycles. The number of amides is 1. The van der Waals surface area contributed by atoms with Gasteiger partial charge in [0.05, 0.1) is 17.2 Å². The number of anilines is 1. The van der Waals surface area contributed by atoms with Gasteiger partial charge in [0.2, 0.25) is 5.91 Å². The molecule has 1 saturated heterocycles. The number of halogens is 1. The quantitative estimate of drug-likeness (QED) is 0.895. The van der Waals surface area contributed by atoms with Gasteiger partial charge in [-0.3, -0.25) is 4.79 Å². The van der Waals surface area contributed by atoms with E-state index < -0.39 is 11.2 Å². The maximum absolute atomic E-state index is 13.8. The molecule has 2 aliphatic rings. The van der Waals surface area contributed by atoms with Gasteiger partial charge in [-0.2, -0.15) is 5.26 Å². The number of nitrogens with one attached hydrogen (secondary N) is 2. The van der Waals surface area contributed by atoms with E-state index in [0.29, 0.717) is 24.2 Å². The lowest BCUT2D eigenvalue weighted by Crippen LogP contribution is -2.39. The Morgan fingerprint density at radius 1 is 1.32 bits per heavy atom. The lowest BCUT2D eigenvalue weighted by atomic mass is 9.81. The number of piperidine rings is 1. The number of hydrogen-bond donors (Lipinski definition) is 2. The number of benzene rings is 1. The van der Waals surface area contributed by atoms with Crippen molar-refractivity contribution in [2.45, 2.75) is 25.7 Å². The molecule has 2 heterocycles. The first-order valence-electron chi connectivity index (χ1n) is 7.50. The van der Waals surface area contributed by atoms with Crippen LogP contribution in [0.1, 0.15) is 24.8 Å². The molecule has 3 rings (SSSR count). The Labute approximate surface area is 128 Å². The van der Waals surface area contributed by atoms with Crippen molar-refractivity contribution >= 4 is 11.6 Å². The van der Waals surface area contributed by atoms with Gasteiger partial charge in [-0.05, 0) is 44.5 Å². The van der Waals surface area contributed by atoms with Gasteiger partial charge in [0.25, 0.3) is 0 Å². The van der Waals surface area contributed by atoms with Crippen molar-refractivity contribution in [1.82, 2.24) is 5.32 Å². The number of carbonyl (C=O) groups is 1. The highest BCUT2D eigenvalue weighted by Crippen LogP contribution is 2.35. The van der Waals surface area contributed by atoms with E-state index in [1.165, 1.54) is 6.07 Å². The molecule has 5 nitrogen and oxygen atoms in total. The molecule has 2 aliphatic heterocycles. The van der Waals surface area contributed by atoms with Crippen molar-refractivity contribution in [3.63, 3.8) is 0 Å². The number of nitriles is 1. The summed E-state index contributed by atoms with van der Waals surface area (Å²) in [4.78, 5) is 11.4. The van der Waals surface area contributed by atoms with Gasteiger partial charge in [-0.1, -0.05) is 0 Å². The normalized spacial score (nSPS) is 19.7. The number of rotatable bonds is 3.